The second-order valence-electron chi connectivity index (χ2n) is 5.61. The number of nitro groups is 1. The van der Waals surface area contributed by atoms with Crippen LogP contribution in [0.2, 0.25) is 0 Å². The molecule has 1 heterocycles. The van der Waals surface area contributed by atoms with Crippen molar-refractivity contribution in [1.29, 1.82) is 0 Å². The summed E-state index contributed by atoms with van der Waals surface area (Å²) in [5.41, 5.74) is 0.958. The summed E-state index contributed by atoms with van der Waals surface area (Å²) in [4.78, 5) is 47.7. The lowest BCUT2D eigenvalue weighted by molar-refractivity contribution is -0.384. The summed E-state index contributed by atoms with van der Waals surface area (Å²) in [5.74, 6) is -0.0227. The third kappa shape index (κ3) is 3.36. The van der Waals surface area contributed by atoms with E-state index in [0.717, 1.165) is 0 Å². The Balaban J connectivity index is 1.59. The van der Waals surface area contributed by atoms with Gasteiger partial charge in [0.15, 0.2) is 6.29 Å². The zero-order valence-electron chi connectivity index (χ0n) is 13.6. The molecular formula is C18H14N2O5S. The van der Waals surface area contributed by atoms with Gasteiger partial charge in [0.25, 0.3) is 17.5 Å². The molecule has 0 saturated heterocycles. The Morgan fingerprint density at radius 2 is 1.73 bits per heavy atom. The number of nitro benzene ring substituents is 1. The molecule has 2 amide bonds. The molecule has 8 heteroatoms. The van der Waals surface area contributed by atoms with Crippen LogP contribution in [-0.4, -0.2) is 40.2 Å². The van der Waals surface area contributed by atoms with E-state index in [0.29, 0.717) is 34.5 Å². The van der Waals surface area contributed by atoms with E-state index in [9.17, 15) is 24.5 Å². The molecule has 2 aromatic carbocycles. The first-order valence-electron chi connectivity index (χ1n) is 7.84. The van der Waals surface area contributed by atoms with Gasteiger partial charge in [-0.15, -0.1) is 11.8 Å². The molecule has 0 bridgehead atoms. The third-order valence-electron chi connectivity index (χ3n) is 3.99. The van der Waals surface area contributed by atoms with Crippen molar-refractivity contribution in [2.75, 3.05) is 12.3 Å². The van der Waals surface area contributed by atoms with Crippen molar-refractivity contribution in [1.82, 2.24) is 4.90 Å². The van der Waals surface area contributed by atoms with Crippen LogP contribution in [0.5, 0.6) is 0 Å². The number of aldehydes is 1. The van der Waals surface area contributed by atoms with Crippen LogP contribution in [-0.2, 0) is 0 Å². The minimum atomic E-state index is -0.552. The van der Waals surface area contributed by atoms with Crippen molar-refractivity contribution >= 4 is 35.5 Å². The highest BCUT2D eigenvalue weighted by molar-refractivity contribution is 7.99. The number of imide groups is 1. The lowest BCUT2D eigenvalue weighted by atomic mass is 10.1. The number of hydrogen-bond donors (Lipinski definition) is 0. The van der Waals surface area contributed by atoms with Gasteiger partial charge >= 0.3 is 0 Å². The van der Waals surface area contributed by atoms with Crippen molar-refractivity contribution in [3.05, 3.63) is 69.3 Å². The monoisotopic (exact) mass is 370 g/mol. The Labute approximate surface area is 153 Å². The summed E-state index contributed by atoms with van der Waals surface area (Å²) in [5, 5.41) is 10.8. The Morgan fingerprint density at radius 1 is 1.08 bits per heavy atom. The van der Waals surface area contributed by atoms with E-state index >= 15 is 0 Å². The molecule has 0 aromatic heterocycles. The summed E-state index contributed by atoms with van der Waals surface area (Å²) < 4.78 is 0. The number of carbonyl (C=O) groups is 3. The van der Waals surface area contributed by atoms with Gasteiger partial charge in [-0.1, -0.05) is 12.1 Å². The first-order chi connectivity index (χ1) is 12.5. The van der Waals surface area contributed by atoms with Crippen LogP contribution in [0.3, 0.4) is 0 Å². The van der Waals surface area contributed by atoms with Gasteiger partial charge in [0.1, 0.15) is 0 Å². The van der Waals surface area contributed by atoms with Crippen molar-refractivity contribution in [3.63, 3.8) is 0 Å². The van der Waals surface area contributed by atoms with Gasteiger partial charge in [-0.2, -0.15) is 0 Å². The molecule has 1 aliphatic rings. The van der Waals surface area contributed by atoms with Crippen molar-refractivity contribution in [3.8, 4) is 0 Å². The molecular weight excluding hydrogens is 356 g/mol. The zero-order chi connectivity index (χ0) is 18.7. The highest BCUT2D eigenvalue weighted by Gasteiger charge is 2.34. The van der Waals surface area contributed by atoms with Gasteiger partial charge in [-0.3, -0.25) is 29.4 Å². The Bertz CT molecular complexity index is 877. The fraction of sp³-hybridized carbons (Fsp3) is 0.167. The van der Waals surface area contributed by atoms with Crippen LogP contribution in [0.15, 0.2) is 47.4 Å². The highest BCUT2D eigenvalue weighted by Crippen LogP contribution is 2.27. The molecule has 0 spiro atoms. The largest absolute Gasteiger partial charge is 0.298 e. The number of nitrogens with zero attached hydrogens (tertiary/aromatic N) is 2. The number of non-ortho nitro benzene ring substituents is 1. The van der Waals surface area contributed by atoms with Crippen LogP contribution in [0.4, 0.5) is 5.69 Å². The van der Waals surface area contributed by atoms with Crippen LogP contribution in [0, 0.1) is 10.1 Å². The molecule has 1 aliphatic heterocycles. The Kier molecular flexibility index (Phi) is 5.13. The number of thioether (sulfide) groups is 1. The van der Waals surface area contributed by atoms with Crippen LogP contribution < -0.4 is 0 Å². The summed E-state index contributed by atoms with van der Waals surface area (Å²) in [6, 6.07) is 10.8. The number of fused-ring (bicyclic) bond motifs is 1. The SMILES string of the molecule is O=Cc1cc([N+](=O)[O-])ccc1SCCCN1C(=O)c2ccccc2C1=O. The van der Waals surface area contributed by atoms with Gasteiger partial charge in [0.05, 0.1) is 16.1 Å². The normalized spacial score (nSPS) is 13.0. The average molecular weight is 370 g/mol. The fourth-order valence-corrected chi connectivity index (χ4v) is 3.65. The topological polar surface area (TPSA) is 97.6 Å². The molecule has 0 N–H and O–H groups in total. The molecule has 0 aliphatic carbocycles. The first kappa shape index (κ1) is 17.8. The molecule has 0 radical (unpaired) electrons. The van der Waals surface area contributed by atoms with E-state index in [1.54, 1.807) is 24.3 Å². The highest BCUT2D eigenvalue weighted by atomic mass is 32.2. The first-order valence-corrected chi connectivity index (χ1v) is 8.83. The predicted molar refractivity (Wildman–Crippen MR) is 95.6 cm³/mol. The molecule has 7 nitrogen and oxygen atoms in total. The van der Waals surface area contributed by atoms with Gasteiger partial charge in [-0.05, 0) is 30.4 Å². The second-order valence-corrected chi connectivity index (χ2v) is 6.74. The van der Waals surface area contributed by atoms with Crippen LogP contribution in [0.25, 0.3) is 0 Å². The maximum Gasteiger partial charge on any atom is 0.270 e. The number of carbonyl (C=O) groups excluding carboxylic acids is 3. The van der Waals surface area contributed by atoms with Crippen molar-refractivity contribution < 1.29 is 19.3 Å². The van der Waals surface area contributed by atoms with E-state index in [1.165, 1.54) is 34.9 Å². The molecule has 2 aromatic rings. The number of hydrogen-bond acceptors (Lipinski definition) is 6. The minimum absolute atomic E-state index is 0.137. The van der Waals surface area contributed by atoms with Crippen molar-refractivity contribution in [2.24, 2.45) is 0 Å². The predicted octanol–water partition coefficient (Wildman–Crippen LogP) is 3.19. The number of rotatable bonds is 7. The lowest BCUT2D eigenvalue weighted by Gasteiger charge is -2.13. The van der Waals surface area contributed by atoms with E-state index in [2.05, 4.69) is 0 Å². The van der Waals surface area contributed by atoms with Gasteiger partial charge in [-0.25, -0.2) is 0 Å². The summed E-state index contributed by atoms with van der Waals surface area (Å²) in [6.07, 6.45) is 1.13. The van der Waals surface area contributed by atoms with Gasteiger partial charge in [0.2, 0.25) is 0 Å². The maximum atomic E-state index is 12.3. The molecule has 0 unspecified atom stereocenters. The molecule has 0 atom stereocenters. The smallest absolute Gasteiger partial charge is 0.270 e. The standard InChI is InChI=1S/C18H14N2O5S/c21-11-12-10-13(20(24)25)6-7-16(12)26-9-3-8-19-17(22)14-4-1-2-5-15(14)18(19)23/h1-2,4-7,10-11H,3,8-9H2. The molecule has 0 saturated carbocycles. The summed E-state index contributed by atoms with van der Waals surface area (Å²) in [6.45, 7) is 0.281. The third-order valence-corrected chi connectivity index (χ3v) is 5.17. The van der Waals surface area contributed by atoms with Gasteiger partial charge in [0, 0.05) is 29.1 Å². The molecule has 132 valence electrons. The zero-order valence-corrected chi connectivity index (χ0v) is 14.4. The summed E-state index contributed by atoms with van der Waals surface area (Å²) >= 11 is 1.36. The maximum absolute atomic E-state index is 12.3. The second kappa shape index (κ2) is 7.49. The quantitative estimate of drug-likeness (QED) is 0.185. The summed E-state index contributed by atoms with van der Waals surface area (Å²) in [7, 11) is 0. The molecule has 26 heavy (non-hydrogen) atoms. The van der Waals surface area contributed by atoms with E-state index in [4.69, 9.17) is 0 Å². The number of amides is 2. The number of benzene rings is 2. The van der Waals surface area contributed by atoms with Crippen LogP contribution >= 0.6 is 11.8 Å². The Morgan fingerprint density at radius 3 is 2.31 bits per heavy atom. The van der Waals surface area contributed by atoms with E-state index < -0.39 is 4.92 Å². The van der Waals surface area contributed by atoms with Crippen molar-refractivity contribution in [2.45, 2.75) is 11.3 Å². The van der Waals surface area contributed by atoms with Crippen LogP contribution in [0.1, 0.15) is 37.5 Å². The lowest BCUT2D eigenvalue weighted by Crippen LogP contribution is -2.30. The Hall–Kier alpha value is -3.00. The average Bonchev–Trinajstić information content (AvgIpc) is 2.90. The molecule has 0 fully saturated rings. The fourth-order valence-electron chi connectivity index (χ4n) is 2.72. The molecule has 3 rings (SSSR count). The van der Waals surface area contributed by atoms with E-state index in [1.807, 2.05) is 0 Å². The minimum Gasteiger partial charge on any atom is -0.298 e. The van der Waals surface area contributed by atoms with E-state index in [-0.39, 0.29) is 29.6 Å². The van der Waals surface area contributed by atoms with Gasteiger partial charge < -0.3 is 0 Å².